The lowest BCUT2D eigenvalue weighted by Gasteiger charge is -2.32. The van der Waals surface area contributed by atoms with Crippen LogP contribution in [0.2, 0.25) is 0 Å². The number of thioether (sulfide) groups is 1. The predicted octanol–water partition coefficient (Wildman–Crippen LogP) is 4.51. The van der Waals surface area contributed by atoms with Crippen molar-refractivity contribution in [2.24, 2.45) is 0 Å². The van der Waals surface area contributed by atoms with Crippen molar-refractivity contribution in [3.63, 3.8) is 0 Å². The van der Waals surface area contributed by atoms with E-state index in [2.05, 4.69) is 4.74 Å². The average molecular weight is 387 g/mol. The molecule has 4 nitrogen and oxygen atoms in total. The number of benzene rings is 1. The maximum absolute atomic E-state index is 13.2. The highest BCUT2D eigenvalue weighted by molar-refractivity contribution is 8.04. The molecular formula is C14H11F6NO3S. The van der Waals surface area contributed by atoms with Crippen LogP contribution in [-0.2, 0) is 4.79 Å². The van der Waals surface area contributed by atoms with Gasteiger partial charge in [-0.2, -0.15) is 13.2 Å². The zero-order chi connectivity index (χ0) is 19.0. The number of aliphatic carboxylic acids is 1. The minimum absolute atomic E-state index is 0.111. The molecule has 11 heteroatoms. The fourth-order valence-corrected chi connectivity index (χ4v) is 3.24. The molecule has 0 amide bonds. The lowest BCUT2D eigenvalue weighted by Crippen LogP contribution is -2.39. The molecule has 2 atom stereocenters. The Morgan fingerprint density at radius 1 is 1.28 bits per heavy atom. The summed E-state index contributed by atoms with van der Waals surface area (Å²) >= 11 is 0.122. The van der Waals surface area contributed by atoms with Crippen molar-refractivity contribution >= 4 is 17.7 Å². The topological polar surface area (TPSA) is 49.8 Å². The first kappa shape index (κ1) is 19.3. The molecule has 1 aliphatic rings. The summed E-state index contributed by atoms with van der Waals surface area (Å²) in [7, 11) is 0. The number of hydrogen-bond donors (Lipinski definition) is 1. The van der Waals surface area contributed by atoms with Crippen molar-refractivity contribution in [2.75, 3.05) is 0 Å². The summed E-state index contributed by atoms with van der Waals surface area (Å²) in [5.41, 5.74) is 0.111. The monoisotopic (exact) mass is 387 g/mol. The van der Waals surface area contributed by atoms with Gasteiger partial charge in [0, 0.05) is 6.20 Å². The van der Waals surface area contributed by atoms with Crippen LogP contribution >= 0.6 is 11.8 Å². The number of carboxylic acids is 1. The van der Waals surface area contributed by atoms with Gasteiger partial charge in [0.25, 0.3) is 0 Å². The van der Waals surface area contributed by atoms with Gasteiger partial charge in [-0.15, -0.1) is 13.2 Å². The van der Waals surface area contributed by atoms with E-state index in [0.29, 0.717) is 0 Å². The quantitative estimate of drug-likeness (QED) is 0.771. The fourth-order valence-electron chi connectivity index (χ4n) is 2.21. The van der Waals surface area contributed by atoms with Crippen LogP contribution in [0.25, 0.3) is 0 Å². The molecule has 0 aliphatic carbocycles. The van der Waals surface area contributed by atoms with Crippen LogP contribution in [-0.4, -0.2) is 33.9 Å². The summed E-state index contributed by atoms with van der Waals surface area (Å²) < 4.78 is 80.1. The zero-order valence-electron chi connectivity index (χ0n) is 12.4. The third-order valence-corrected chi connectivity index (χ3v) is 4.56. The number of carboxylic acid groups (broad SMARTS) is 1. The van der Waals surface area contributed by atoms with E-state index >= 15 is 0 Å². The molecule has 0 fully saturated rings. The molecule has 0 bridgehead atoms. The highest BCUT2D eigenvalue weighted by Crippen LogP contribution is 2.46. The Morgan fingerprint density at radius 2 is 1.92 bits per heavy atom. The molecule has 138 valence electrons. The first-order chi connectivity index (χ1) is 11.4. The molecule has 1 N–H and O–H groups in total. The van der Waals surface area contributed by atoms with Crippen molar-refractivity contribution < 1.29 is 41.0 Å². The van der Waals surface area contributed by atoms with Crippen molar-refractivity contribution in [1.29, 1.82) is 0 Å². The van der Waals surface area contributed by atoms with Crippen molar-refractivity contribution in [3.8, 4) is 5.75 Å². The third-order valence-electron chi connectivity index (χ3n) is 3.29. The van der Waals surface area contributed by atoms with Crippen LogP contribution in [0.1, 0.15) is 18.5 Å². The standard InChI is InChI=1S/C14H11F6NO3S/c1-7(8-3-2-4-9(5-8)24-14(18,19)20)21-6-10(11(22)23)25-12(21)13(15,16)17/h2-7,12H,1H3,(H,22,23). The minimum Gasteiger partial charge on any atom is -0.477 e. The van der Waals surface area contributed by atoms with Crippen LogP contribution in [0.5, 0.6) is 5.75 Å². The van der Waals surface area contributed by atoms with Gasteiger partial charge in [-0.05, 0) is 24.6 Å². The molecular weight excluding hydrogens is 376 g/mol. The summed E-state index contributed by atoms with van der Waals surface area (Å²) in [5.74, 6) is -2.09. The van der Waals surface area contributed by atoms with Gasteiger partial charge in [0.15, 0.2) is 5.37 Å². The number of ether oxygens (including phenoxy) is 1. The van der Waals surface area contributed by atoms with Crippen LogP contribution in [0.15, 0.2) is 35.4 Å². The third kappa shape index (κ3) is 4.74. The smallest absolute Gasteiger partial charge is 0.477 e. The highest BCUT2D eigenvalue weighted by atomic mass is 32.2. The van der Waals surface area contributed by atoms with E-state index in [1.165, 1.54) is 19.1 Å². The molecule has 0 saturated carbocycles. The molecule has 0 radical (unpaired) electrons. The van der Waals surface area contributed by atoms with E-state index in [0.717, 1.165) is 23.2 Å². The summed E-state index contributed by atoms with van der Waals surface area (Å²) in [6, 6.07) is 3.48. The van der Waals surface area contributed by atoms with Gasteiger partial charge in [0.05, 0.1) is 6.04 Å². The molecule has 1 aliphatic heterocycles. The lowest BCUT2D eigenvalue weighted by atomic mass is 10.1. The Morgan fingerprint density at radius 3 is 2.44 bits per heavy atom. The van der Waals surface area contributed by atoms with Crippen LogP contribution < -0.4 is 4.74 Å². The number of nitrogens with zero attached hydrogens (tertiary/aromatic N) is 1. The van der Waals surface area contributed by atoms with Gasteiger partial charge in [0.1, 0.15) is 10.7 Å². The second-order valence-corrected chi connectivity index (χ2v) is 6.18. The summed E-state index contributed by atoms with van der Waals surface area (Å²) in [5, 5.41) is 6.76. The molecule has 2 unspecified atom stereocenters. The van der Waals surface area contributed by atoms with E-state index in [1.54, 1.807) is 0 Å². The Labute approximate surface area is 142 Å². The van der Waals surface area contributed by atoms with Crippen LogP contribution in [0.3, 0.4) is 0 Å². The molecule has 0 saturated heterocycles. The zero-order valence-corrected chi connectivity index (χ0v) is 13.2. The number of halogens is 6. The van der Waals surface area contributed by atoms with Gasteiger partial charge < -0.3 is 14.7 Å². The number of carbonyl (C=O) groups is 1. The first-order valence-electron chi connectivity index (χ1n) is 6.70. The van der Waals surface area contributed by atoms with E-state index in [4.69, 9.17) is 5.11 Å². The number of rotatable bonds is 4. The van der Waals surface area contributed by atoms with Gasteiger partial charge in [0.2, 0.25) is 0 Å². The normalized spacial score (nSPS) is 19.6. The van der Waals surface area contributed by atoms with E-state index in [9.17, 15) is 31.1 Å². The molecule has 0 spiro atoms. The molecule has 1 aromatic carbocycles. The van der Waals surface area contributed by atoms with Crippen molar-refractivity contribution in [3.05, 3.63) is 40.9 Å². The molecule has 0 aromatic heterocycles. The maximum Gasteiger partial charge on any atom is 0.573 e. The SMILES string of the molecule is CC(c1cccc(OC(F)(F)F)c1)N1C=C(C(=O)O)SC1C(F)(F)F. The summed E-state index contributed by atoms with van der Waals surface area (Å²) in [6.45, 7) is 1.33. The predicted molar refractivity (Wildman–Crippen MR) is 76.5 cm³/mol. The van der Waals surface area contributed by atoms with Gasteiger partial charge in [-0.3, -0.25) is 0 Å². The Kier molecular flexibility index (Phi) is 5.17. The van der Waals surface area contributed by atoms with Crippen molar-refractivity contribution in [1.82, 2.24) is 4.90 Å². The molecule has 1 aromatic rings. The van der Waals surface area contributed by atoms with Crippen LogP contribution in [0, 0.1) is 0 Å². The number of hydrogen-bond acceptors (Lipinski definition) is 4. The van der Waals surface area contributed by atoms with Gasteiger partial charge in [-0.1, -0.05) is 23.9 Å². The van der Waals surface area contributed by atoms with Gasteiger partial charge in [-0.25, -0.2) is 4.79 Å². The largest absolute Gasteiger partial charge is 0.573 e. The van der Waals surface area contributed by atoms with E-state index in [1.807, 2.05) is 0 Å². The number of alkyl halides is 6. The van der Waals surface area contributed by atoms with Gasteiger partial charge >= 0.3 is 18.5 Å². The first-order valence-corrected chi connectivity index (χ1v) is 7.58. The molecule has 2 rings (SSSR count). The Hall–Kier alpha value is -2.04. The molecule has 25 heavy (non-hydrogen) atoms. The minimum atomic E-state index is -4.93. The fraction of sp³-hybridized carbons (Fsp3) is 0.357. The van der Waals surface area contributed by atoms with E-state index < -0.39 is 40.6 Å². The average Bonchev–Trinajstić information content (AvgIpc) is 2.90. The van der Waals surface area contributed by atoms with Crippen LogP contribution in [0.4, 0.5) is 26.3 Å². The maximum atomic E-state index is 13.2. The summed E-state index contributed by atoms with van der Waals surface area (Å²) in [6.07, 6.45) is -8.82. The summed E-state index contributed by atoms with van der Waals surface area (Å²) in [4.78, 5) is 11.2. The second kappa shape index (κ2) is 6.70. The Balaban J connectivity index is 2.32. The highest BCUT2D eigenvalue weighted by Gasteiger charge is 2.49. The molecule has 1 heterocycles. The van der Waals surface area contributed by atoms with E-state index in [-0.39, 0.29) is 17.3 Å². The van der Waals surface area contributed by atoms with Crippen molar-refractivity contribution in [2.45, 2.75) is 30.9 Å². The second-order valence-electron chi connectivity index (χ2n) is 5.05. The lowest BCUT2D eigenvalue weighted by molar-refractivity contribution is -0.274. The Bertz CT molecular complexity index is 688.